The fourth-order valence-electron chi connectivity index (χ4n) is 0. The summed E-state index contributed by atoms with van der Waals surface area (Å²) in [5.41, 5.74) is 13.4. The van der Waals surface area contributed by atoms with Crippen molar-refractivity contribution >= 4 is 23.7 Å². The molecule has 1 amide bonds. The molecule has 0 saturated carbocycles. The third-order valence-electron chi connectivity index (χ3n) is 0. The van der Waals surface area contributed by atoms with Gasteiger partial charge in [-0.1, -0.05) is 0 Å². The molecule has 1 radical (unpaired) electrons. The number of primary amides is 1. The summed E-state index contributed by atoms with van der Waals surface area (Å²) >= 11 is 4.09. The van der Waals surface area contributed by atoms with E-state index in [1.54, 1.807) is 0 Å². The number of hydrogen-bond acceptors (Lipinski definition) is 8. The average molecular weight is 300 g/mol. The SMILES string of the molecule is NC(N)=S.NC=O.O=[N+]([O-])[O-].O=[N+]([O-])[O-].[Mn+2]. The Hall–Kier alpha value is -1.92. The van der Waals surface area contributed by atoms with E-state index in [4.69, 9.17) is 35.4 Å². The van der Waals surface area contributed by atoms with Crippen LogP contribution in [0.5, 0.6) is 0 Å². The number of hydrogen-bond donors (Lipinski definition) is 3. The van der Waals surface area contributed by atoms with Gasteiger partial charge in [0.15, 0.2) is 5.11 Å². The van der Waals surface area contributed by atoms with Gasteiger partial charge < -0.3 is 47.8 Å². The Balaban J connectivity index is -0.0000000331. The van der Waals surface area contributed by atoms with E-state index in [9.17, 15) is 0 Å². The number of nitrogens with two attached hydrogens (primary N) is 3. The van der Waals surface area contributed by atoms with Crippen molar-refractivity contribution in [3.8, 4) is 0 Å². The molecule has 0 fully saturated rings. The summed E-state index contributed by atoms with van der Waals surface area (Å²) in [6.07, 6.45) is 0.250. The second-order valence-electron chi connectivity index (χ2n) is 0.986. The monoisotopic (exact) mass is 300 g/mol. The average Bonchev–Trinajstić information content (AvgIpc) is 1.81. The molecule has 0 aliphatic heterocycles. The molecule has 14 heteroatoms. The summed E-state index contributed by atoms with van der Waals surface area (Å²) in [6.45, 7) is 0. The Kier molecular flexibility index (Phi) is 53.4. The van der Waals surface area contributed by atoms with Crippen molar-refractivity contribution < 1.29 is 32.0 Å². The molecule has 0 aliphatic carbocycles. The molecule has 0 saturated heterocycles. The largest absolute Gasteiger partial charge is 2.00 e. The second kappa shape index (κ2) is 29.2. The molecule has 95 valence electrons. The maximum absolute atomic E-state index is 8.58. The molecule has 12 nitrogen and oxygen atoms in total. The normalized spacial score (nSPS) is 5.25. The Labute approximate surface area is 104 Å². The number of amides is 1. The van der Waals surface area contributed by atoms with Crippen molar-refractivity contribution in [3.05, 3.63) is 30.6 Å². The van der Waals surface area contributed by atoms with Crippen LogP contribution < -0.4 is 17.2 Å². The zero-order valence-electron chi connectivity index (χ0n) is 7.35. The van der Waals surface area contributed by atoms with Crippen molar-refractivity contribution in [2.45, 2.75) is 0 Å². The summed E-state index contributed by atoms with van der Waals surface area (Å²) in [7, 11) is 0. The van der Waals surface area contributed by atoms with Crippen molar-refractivity contribution in [2.24, 2.45) is 17.2 Å². The second-order valence-corrected chi connectivity index (χ2v) is 1.46. The maximum Gasteiger partial charge on any atom is 2.00 e. The van der Waals surface area contributed by atoms with Gasteiger partial charge in [0.1, 0.15) is 0 Å². The van der Waals surface area contributed by atoms with E-state index in [1.807, 2.05) is 0 Å². The van der Waals surface area contributed by atoms with Crippen LogP contribution >= 0.6 is 12.2 Å². The molecule has 0 atom stereocenters. The molecule has 0 rings (SSSR count). The smallest absolute Gasteiger partial charge is 0.377 e. The van der Waals surface area contributed by atoms with Gasteiger partial charge in [0.2, 0.25) is 6.41 Å². The molecular weight excluding hydrogens is 293 g/mol. The van der Waals surface area contributed by atoms with E-state index in [-0.39, 0.29) is 28.6 Å². The zero-order chi connectivity index (χ0) is 13.4. The van der Waals surface area contributed by atoms with E-state index in [0.29, 0.717) is 0 Å². The van der Waals surface area contributed by atoms with Crippen molar-refractivity contribution in [1.82, 2.24) is 0 Å². The van der Waals surface area contributed by atoms with Crippen LogP contribution in [0.4, 0.5) is 0 Å². The summed E-state index contributed by atoms with van der Waals surface area (Å²) in [5, 5.41) is 29.5. The van der Waals surface area contributed by atoms with Crippen molar-refractivity contribution in [1.29, 1.82) is 0 Å². The van der Waals surface area contributed by atoms with Gasteiger partial charge in [-0.25, -0.2) is 0 Å². The van der Waals surface area contributed by atoms with Crippen LogP contribution in [-0.2, 0) is 21.9 Å². The minimum absolute atomic E-state index is 0. The third-order valence-corrected chi connectivity index (χ3v) is 0. The minimum atomic E-state index is -1.75. The first-order chi connectivity index (χ1) is 6.61. The number of thiocarbonyl (C=S) groups is 1. The minimum Gasteiger partial charge on any atom is -0.377 e. The number of carbonyl (C=O) groups is 1. The van der Waals surface area contributed by atoms with Crippen LogP contribution in [0.2, 0.25) is 0 Å². The first-order valence-electron chi connectivity index (χ1n) is 2.45. The zero-order valence-corrected chi connectivity index (χ0v) is 9.34. The van der Waals surface area contributed by atoms with Crippen LogP contribution in [0.3, 0.4) is 0 Å². The Morgan fingerprint density at radius 1 is 1.06 bits per heavy atom. The van der Waals surface area contributed by atoms with Crippen LogP contribution in [0.1, 0.15) is 0 Å². The number of nitrogens with zero attached hydrogens (tertiary/aromatic N) is 2. The molecule has 0 aromatic carbocycles. The molecule has 0 spiro atoms. The Bertz CT molecular complexity index is 161. The van der Waals surface area contributed by atoms with Crippen LogP contribution in [0.15, 0.2) is 0 Å². The van der Waals surface area contributed by atoms with Gasteiger partial charge >= 0.3 is 17.1 Å². The fourth-order valence-corrected chi connectivity index (χ4v) is 0. The predicted molar refractivity (Wildman–Crippen MR) is 51.9 cm³/mol. The van der Waals surface area contributed by atoms with E-state index in [0.717, 1.165) is 0 Å². The quantitative estimate of drug-likeness (QED) is 0.144. The topological polar surface area (TPSA) is 228 Å². The first kappa shape index (κ1) is 29.2. The van der Waals surface area contributed by atoms with E-state index >= 15 is 0 Å². The molecule has 6 N–H and O–H groups in total. The molecule has 0 aromatic heterocycles. The van der Waals surface area contributed by atoms with Crippen molar-refractivity contribution in [3.63, 3.8) is 0 Å². The van der Waals surface area contributed by atoms with Gasteiger partial charge in [-0.05, 0) is 12.2 Å². The standard InChI is InChI=1S/CH4N2S.CH3NO.Mn.2NO3/c2-1(3)4;2-1-3;;2*2-1(3)4/h(H4,2,3,4);1H,(H2,2,3);;;/q;;+2;2*-1. The molecular formula is C2H7MnN5O7S. The maximum atomic E-state index is 8.58. The summed E-state index contributed by atoms with van der Waals surface area (Å²) < 4.78 is 0. The Morgan fingerprint density at radius 3 is 1.06 bits per heavy atom. The molecule has 16 heavy (non-hydrogen) atoms. The third kappa shape index (κ3) is 402. The van der Waals surface area contributed by atoms with Crippen LogP contribution in [0.25, 0.3) is 0 Å². The van der Waals surface area contributed by atoms with Crippen molar-refractivity contribution in [2.75, 3.05) is 0 Å². The van der Waals surface area contributed by atoms with Crippen LogP contribution in [-0.4, -0.2) is 21.7 Å². The molecule has 0 aliphatic rings. The summed E-state index contributed by atoms with van der Waals surface area (Å²) in [4.78, 5) is 25.1. The number of rotatable bonds is 0. The van der Waals surface area contributed by atoms with E-state index < -0.39 is 10.2 Å². The Morgan fingerprint density at radius 2 is 1.06 bits per heavy atom. The van der Waals surface area contributed by atoms with Gasteiger partial charge in [-0.2, -0.15) is 0 Å². The predicted octanol–water partition coefficient (Wildman–Crippen LogP) is -2.19. The summed E-state index contributed by atoms with van der Waals surface area (Å²) in [6, 6.07) is 0. The molecule has 0 aromatic rings. The molecule has 0 bridgehead atoms. The van der Waals surface area contributed by atoms with E-state index in [1.165, 1.54) is 0 Å². The van der Waals surface area contributed by atoms with Gasteiger partial charge in [0.25, 0.3) is 0 Å². The van der Waals surface area contributed by atoms with Gasteiger partial charge in [0, 0.05) is 0 Å². The molecule has 0 unspecified atom stereocenters. The summed E-state index contributed by atoms with van der Waals surface area (Å²) in [5.74, 6) is 0. The molecule has 0 heterocycles. The van der Waals surface area contributed by atoms with Gasteiger partial charge in [-0.15, -0.1) is 0 Å². The van der Waals surface area contributed by atoms with Crippen LogP contribution in [0, 0.1) is 30.6 Å². The van der Waals surface area contributed by atoms with Gasteiger partial charge in [-0.3, -0.25) is 4.79 Å². The van der Waals surface area contributed by atoms with Gasteiger partial charge in [0.05, 0.1) is 10.2 Å². The fraction of sp³-hybridized carbons (Fsp3) is 0. The van der Waals surface area contributed by atoms with E-state index in [2.05, 4.69) is 29.4 Å². The number of carbonyl (C=O) groups excluding carboxylic acids is 1. The first-order valence-corrected chi connectivity index (χ1v) is 2.85.